The molecule has 13 heavy (non-hydrogen) atoms. The first-order valence-electron chi connectivity index (χ1n) is 4.87. The Hall–Kier alpha value is -0.0200. The summed E-state index contributed by atoms with van der Waals surface area (Å²) >= 11 is 3.84. The lowest BCUT2D eigenvalue weighted by Crippen LogP contribution is -1.89. The molecule has 0 saturated heterocycles. The molecule has 1 nitrogen and oxygen atoms in total. The number of aromatic nitrogens is 1. The van der Waals surface area contributed by atoms with Gasteiger partial charge in [0, 0.05) is 11.8 Å². The predicted molar refractivity (Wildman–Crippen MR) is 62.8 cm³/mol. The first-order chi connectivity index (χ1) is 6.36. The molecule has 0 bridgehead atoms. The third kappa shape index (κ3) is 4.14. The standard InChI is InChI=1S/C10H17NS2/c1-3-6-12-7-5-10-11-9(4-2)8-13-10/h8H,3-7H2,1-2H3. The number of nitrogens with zero attached hydrogens (tertiary/aromatic N) is 1. The third-order valence-electron chi connectivity index (χ3n) is 1.77. The van der Waals surface area contributed by atoms with Gasteiger partial charge in [-0.05, 0) is 24.3 Å². The van der Waals surface area contributed by atoms with Crippen molar-refractivity contribution in [2.45, 2.75) is 33.1 Å². The SMILES string of the molecule is CCCSCCc1nc(CC)cs1. The van der Waals surface area contributed by atoms with Gasteiger partial charge >= 0.3 is 0 Å². The van der Waals surface area contributed by atoms with Gasteiger partial charge in [0.2, 0.25) is 0 Å². The highest BCUT2D eigenvalue weighted by atomic mass is 32.2. The number of hydrogen-bond donors (Lipinski definition) is 0. The molecule has 0 atom stereocenters. The fraction of sp³-hybridized carbons (Fsp3) is 0.700. The maximum absolute atomic E-state index is 4.53. The number of rotatable bonds is 6. The van der Waals surface area contributed by atoms with E-state index in [0.29, 0.717) is 0 Å². The maximum atomic E-state index is 4.53. The van der Waals surface area contributed by atoms with E-state index in [4.69, 9.17) is 0 Å². The van der Waals surface area contributed by atoms with Crippen molar-refractivity contribution in [2.75, 3.05) is 11.5 Å². The van der Waals surface area contributed by atoms with Gasteiger partial charge in [0.25, 0.3) is 0 Å². The van der Waals surface area contributed by atoms with Gasteiger partial charge in [-0.15, -0.1) is 11.3 Å². The van der Waals surface area contributed by atoms with E-state index in [1.807, 2.05) is 23.1 Å². The van der Waals surface area contributed by atoms with Gasteiger partial charge in [0.15, 0.2) is 0 Å². The second kappa shape index (κ2) is 6.44. The Morgan fingerprint density at radius 3 is 2.85 bits per heavy atom. The molecular formula is C10H17NS2. The summed E-state index contributed by atoms with van der Waals surface area (Å²) in [6.07, 6.45) is 3.50. The maximum Gasteiger partial charge on any atom is 0.0936 e. The van der Waals surface area contributed by atoms with Crippen molar-refractivity contribution in [3.63, 3.8) is 0 Å². The smallest absolute Gasteiger partial charge is 0.0936 e. The Bertz CT molecular complexity index is 233. The lowest BCUT2D eigenvalue weighted by atomic mass is 10.4. The Morgan fingerprint density at radius 2 is 2.23 bits per heavy atom. The van der Waals surface area contributed by atoms with E-state index < -0.39 is 0 Å². The molecule has 0 radical (unpaired) electrons. The molecule has 0 saturated carbocycles. The number of thiazole rings is 1. The number of aryl methyl sites for hydroxylation is 2. The minimum Gasteiger partial charge on any atom is -0.246 e. The summed E-state index contributed by atoms with van der Waals surface area (Å²) in [5, 5.41) is 3.49. The summed E-state index contributed by atoms with van der Waals surface area (Å²) in [5.74, 6) is 2.51. The molecule has 0 spiro atoms. The van der Waals surface area contributed by atoms with Gasteiger partial charge in [-0.1, -0.05) is 13.8 Å². The Kier molecular flexibility index (Phi) is 5.47. The Morgan fingerprint density at radius 1 is 1.38 bits per heavy atom. The van der Waals surface area contributed by atoms with Crippen molar-refractivity contribution in [3.05, 3.63) is 16.1 Å². The molecular weight excluding hydrogens is 198 g/mol. The molecule has 0 aliphatic rings. The minimum absolute atomic E-state index is 1.07. The Balaban J connectivity index is 2.20. The largest absolute Gasteiger partial charge is 0.246 e. The van der Waals surface area contributed by atoms with Gasteiger partial charge < -0.3 is 0 Å². The van der Waals surface area contributed by atoms with Crippen LogP contribution in [-0.4, -0.2) is 16.5 Å². The predicted octanol–water partition coefficient (Wildman–Crippen LogP) is 3.39. The zero-order valence-electron chi connectivity index (χ0n) is 8.38. The average Bonchev–Trinajstić information content (AvgIpc) is 2.60. The topological polar surface area (TPSA) is 12.9 Å². The molecule has 0 aromatic carbocycles. The lowest BCUT2D eigenvalue weighted by Gasteiger charge is -1.95. The van der Waals surface area contributed by atoms with Crippen LogP contribution >= 0.6 is 23.1 Å². The van der Waals surface area contributed by atoms with Crippen molar-refractivity contribution in [1.29, 1.82) is 0 Å². The van der Waals surface area contributed by atoms with Gasteiger partial charge in [-0.25, -0.2) is 4.98 Å². The van der Waals surface area contributed by atoms with Crippen LogP contribution in [0.25, 0.3) is 0 Å². The van der Waals surface area contributed by atoms with E-state index in [0.717, 1.165) is 12.8 Å². The van der Waals surface area contributed by atoms with Crippen molar-refractivity contribution >= 4 is 23.1 Å². The number of thioether (sulfide) groups is 1. The van der Waals surface area contributed by atoms with E-state index in [1.54, 1.807) is 0 Å². The molecule has 1 rings (SSSR count). The average molecular weight is 215 g/mol. The monoisotopic (exact) mass is 215 g/mol. The van der Waals surface area contributed by atoms with E-state index in [1.165, 1.54) is 28.6 Å². The van der Waals surface area contributed by atoms with E-state index >= 15 is 0 Å². The van der Waals surface area contributed by atoms with Crippen LogP contribution in [0.1, 0.15) is 31.0 Å². The molecule has 0 N–H and O–H groups in total. The van der Waals surface area contributed by atoms with Crippen LogP contribution in [-0.2, 0) is 12.8 Å². The van der Waals surface area contributed by atoms with Crippen LogP contribution in [0.15, 0.2) is 5.38 Å². The first kappa shape index (κ1) is 11.1. The van der Waals surface area contributed by atoms with Crippen LogP contribution in [0.5, 0.6) is 0 Å². The first-order valence-corrected chi connectivity index (χ1v) is 6.91. The minimum atomic E-state index is 1.07. The summed E-state index contributed by atoms with van der Waals surface area (Å²) < 4.78 is 0. The highest BCUT2D eigenvalue weighted by molar-refractivity contribution is 7.99. The van der Waals surface area contributed by atoms with Crippen LogP contribution < -0.4 is 0 Å². The quantitative estimate of drug-likeness (QED) is 0.675. The molecule has 0 amide bonds. The van der Waals surface area contributed by atoms with Gasteiger partial charge in [0.05, 0.1) is 10.7 Å². The Labute approximate surface area is 89.0 Å². The van der Waals surface area contributed by atoms with Gasteiger partial charge in [-0.3, -0.25) is 0 Å². The van der Waals surface area contributed by atoms with Crippen LogP contribution in [0.4, 0.5) is 0 Å². The van der Waals surface area contributed by atoms with Crippen molar-refractivity contribution in [3.8, 4) is 0 Å². The van der Waals surface area contributed by atoms with E-state index in [2.05, 4.69) is 24.2 Å². The van der Waals surface area contributed by atoms with Gasteiger partial charge in [-0.2, -0.15) is 11.8 Å². The van der Waals surface area contributed by atoms with Crippen molar-refractivity contribution in [1.82, 2.24) is 4.98 Å². The summed E-state index contributed by atoms with van der Waals surface area (Å²) in [5.41, 5.74) is 1.25. The molecule has 1 aromatic heterocycles. The summed E-state index contributed by atoms with van der Waals surface area (Å²) in [6.45, 7) is 4.39. The lowest BCUT2D eigenvalue weighted by molar-refractivity contribution is 1.01. The van der Waals surface area contributed by atoms with E-state index in [-0.39, 0.29) is 0 Å². The summed E-state index contributed by atoms with van der Waals surface area (Å²) in [6, 6.07) is 0. The van der Waals surface area contributed by atoms with Crippen LogP contribution in [0.2, 0.25) is 0 Å². The molecule has 0 fully saturated rings. The highest BCUT2D eigenvalue weighted by Gasteiger charge is 1.99. The van der Waals surface area contributed by atoms with E-state index in [9.17, 15) is 0 Å². The zero-order valence-corrected chi connectivity index (χ0v) is 10.0. The van der Waals surface area contributed by atoms with Crippen LogP contribution in [0, 0.1) is 0 Å². The second-order valence-corrected chi connectivity index (χ2v) is 5.12. The number of hydrogen-bond acceptors (Lipinski definition) is 3. The summed E-state index contributed by atoms with van der Waals surface area (Å²) in [4.78, 5) is 4.53. The summed E-state index contributed by atoms with van der Waals surface area (Å²) in [7, 11) is 0. The normalized spacial score (nSPS) is 10.6. The molecule has 0 aliphatic heterocycles. The van der Waals surface area contributed by atoms with Gasteiger partial charge in [0.1, 0.15) is 0 Å². The molecule has 1 heterocycles. The fourth-order valence-electron chi connectivity index (χ4n) is 1.03. The third-order valence-corrected chi connectivity index (χ3v) is 3.92. The van der Waals surface area contributed by atoms with Crippen molar-refractivity contribution < 1.29 is 0 Å². The molecule has 74 valence electrons. The fourth-order valence-corrected chi connectivity index (χ4v) is 2.87. The molecule has 0 unspecified atom stereocenters. The molecule has 0 aliphatic carbocycles. The van der Waals surface area contributed by atoms with Crippen LogP contribution in [0.3, 0.4) is 0 Å². The second-order valence-electron chi connectivity index (χ2n) is 2.95. The molecule has 3 heteroatoms. The highest BCUT2D eigenvalue weighted by Crippen LogP contribution is 2.13. The molecule has 1 aromatic rings. The van der Waals surface area contributed by atoms with Crippen molar-refractivity contribution in [2.24, 2.45) is 0 Å². The zero-order chi connectivity index (χ0) is 9.52.